The van der Waals surface area contributed by atoms with Crippen LogP contribution in [0.5, 0.6) is 11.5 Å². The van der Waals surface area contributed by atoms with Gasteiger partial charge in [-0.3, -0.25) is 4.79 Å². The highest BCUT2D eigenvalue weighted by molar-refractivity contribution is 7.16. The van der Waals surface area contributed by atoms with Crippen molar-refractivity contribution in [1.82, 2.24) is 4.57 Å². The molecule has 3 rings (SSSR count). The van der Waals surface area contributed by atoms with Gasteiger partial charge >= 0.3 is 0 Å². The molecule has 134 valence electrons. The molecule has 0 aliphatic carbocycles. The van der Waals surface area contributed by atoms with Crippen molar-refractivity contribution in [3.63, 3.8) is 0 Å². The summed E-state index contributed by atoms with van der Waals surface area (Å²) >= 11 is 1.25. The molecule has 5 nitrogen and oxygen atoms in total. The number of fused-ring (bicyclic) bond motifs is 1. The molecule has 1 aromatic heterocycles. The molecule has 2 aromatic carbocycles. The van der Waals surface area contributed by atoms with Gasteiger partial charge in [-0.15, -0.1) is 6.58 Å². The number of hydrogen-bond donors (Lipinski definition) is 0. The van der Waals surface area contributed by atoms with Crippen LogP contribution in [0, 0.1) is 5.82 Å². The number of ether oxygens (including phenoxy) is 2. The summed E-state index contributed by atoms with van der Waals surface area (Å²) in [5, 5.41) is 0. The largest absolute Gasteiger partial charge is 0.497 e. The Morgan fingerprint density at radius 1 is 1.31 bits per heavy atom. The Morgan fingerprint density at radius 2 is 2.12 bits per heavy atom. The minimum absolute atomic E-state index is 0.205. The zero-order valence-corrected chi connectivity index (χ0v) is 15.0. The zero-order chi connectivity index (χ0) is 18.5. The summed E-state index contributed by atoms with van der Waals surface area (Å²) in [5.74, 6) is 0.397. The predicted octanol–water partition coefficient (Wildman–Crippen LogP) is 3.54. The summed E-state index contributed by atoms with van der Waals surface area (Å²) in [5.41, 5.74) is 0.802. The lowest BCUT2D eigenvalue weighted by Gasteiger charge is -2.05. The first-order valence-corrected chi connectivity index (χ1v) is 8.66. The maximum Gasteiger partial charge on any atom is 0.286 e. The molecular weight excluding hydrogens is 355 g/mol. The van der Waals surface area contributed by atoms with Crippen LogP contribution in [-0.2, 0) is 11.3 Å². The number of rotatable bonds is 6. The molecule has 0 saturated heterocycles. The molecule has 0 unspecified atom stereocenters. The van der Waals surface area contributed by atoms with Crippen LogP contribution in [0.3, 0.4) is 0 Å². The SMILES string of the molecule is C=CCn1c(=NC(=O)COc2cccc(OC)c2)sc2cc(F)ccc21. The zero-order valence-electron chi connectivity index (χ0n) is 14.1. The van der Waals surface area contributed by atoms with Gasteiger partial charge in [-0.2, -0.15) is 4.99 Å². The van der Waals surface area contributed by atoms with E-state index < -0.39 is 5.91 Å². The van der Waals surface area contributed by atoms with Crippen molar-refractivity contribution >= 4 is 27.5 Å². The number of carbonyl (C=O) groups is 1. The second kappa shape index (κ2) is 7.97. The number of halogens is 1. The molecule has 1 amide bonds. The molecule has 26 heavy (non-hydrogen) atoms. The number of allylic oxidation sites excluding steroid dienone is 1. The van der Waals surface area contributed by atoms with Gasteiger partial charge in [0.25, 0.3) is 5.91 Å². The van der Waals surface area contributed by atoms with E-state index in [1.165, 1.54) is 23.5 Å². The number of carbonyl (C=O) groups excluding carboxylic acids is 1. The third-order valence-electron chi connectivity index (χ3n) is 3.58. The fourth-order valence-electron chi connectivity index (χ4n) is 2.41. The normalized spacial score (nSPS) is 11.5. The molecule has 0 saturated carbocycles. The van der Waals surface area contributed by atoms with E-state index in [-0.39, 0.29) is 12.4 Å². The van der Waals surface area contributed by atoms with Gasteiger partial charge in [-0.05, 0) is 30.3 Å². The van der Waals surface area contributed by atoms with Crippen molar-refractivity contribution in [3.8, 4) is 11.5 Å². The summed E-state index contributed by atoms with van der Waals surface area (Å²) < 4.78 is 26.6. The summed E-state index contributed by atoms with van der Waals surface area (Å²) in [6.45, 7) is 3.98. The molecule has 3 aromatic rings. The van der Waals surface area contributed by atoms with E-state index in [1.807, 2.05) is 4.57 Å². The predicted molar refractivity (Wildman–Crippen MR) is 99.0 cm³/mol. The molecule has 0 radical (unpaired) electrons. The second-order valence-electron chi connectivity index (χ2n) is 5.37. The number of hydrogen-bond acceptors (Lipinski definition) is 4. The van der Waals surface area contributed by atoms with Crippen molar-refractivity contribution < 1.29 is 18.7 Å². The molecule has 0 aliphatic heterocycles. The fraction of sp³-hybridized carbons (Fsp3) is 0.158. The topological polar surface area (TPSA) is 52.8 Å². The van der Waals surface area contributed by atoms with E-state index in [9.17, 15) is 9.18 Å². The van der Waals surface area contributed by atoms with Gasteiger partial charge in [0.15, 0.2) is 11.4 Å². The summed E-state index contributed by atoms with van der Waals surface area (Å²) in [7, 11) is 1.56. The van der Waals surface area contributed by atoms with Crippen LogP contribution in [0.25, 0.3) is 10.2 Å². The van der Waals surface area contributed by atoms with Crippen LogP contribution in [0.1, 0.15) is 0 Å². The van der Waals surface area contributed by atoms with E-state index in [2.05, 4.69) is 11.6 Å². The van der Waals surface area contributed by atoms with Crippen LogP contribution in [0.15, 0.2) is 60.1 Å². The molecule has 0 atom stereocenters. The number of nitrogens with zero attached hydrogens (tertiary/aromatic N) is 2. The second-order valence-corrected chi connectivity index (χ2v) is 6.38. The molecule has 0 N–H and O–H groups in total. The number of amides is 1. The van der Waals surface area contributed by atoms with E-state index in [0.29, 0.717) is 27.5 Å². The van der Waals surface area contributed by atoms with Gasteiger partial charge in [0.2, 0.25) is 0 Å². The van der Waals surface area contributed by atoms with Gasteiger partial charge in [-0.1, -0.05) is 23.5 Å². The standard InChI is InChI=1S/C19H17FN2O3S/c1-3-9-22-16-8-7-13(20)10-17(16)26-19(22)21-18(23)12-25-15-6-4-5-14(11-15)24-2/h3-8,10-11H,1,9,12H2,2H3. The smallest absolute Gasteiger partial charge is 0.286 e. The van der Waals surface area contributed by atoms with Crippen LogP contribution in [0.4, 0.5) is 4.39 Å². The maximum atomic E-state index is 13.4. The highest BCUT2D eigenvalue weighted by Crippen LogP contribution is 2.20. The molecule has 0 spiro atoms. The Kier molecular flexibility index (Phi) is 5.48. The first-order chi connectivity index (χ1) is 12.6. The Hall–Kier alpha value is -2.93. The minimum Gasteiger partial charge on any atom is -0.497 e. The molecular formula is C19H17FN2O3S. The van der Waals surface area contributed by atoms with Gasteiger partial charge < -0.3 is 14.0 Å². The van der Waals surface area contributed by atoms with Crippen molar-refractivity contribution in [2.24, 2.45) is 4.99 Å². The average Bonchev–Trinajstić information content (AvgIpc) is 2.96. The van der Waals surface area contributed by atoms with Crippen LogP contribution < -0.4 is 14.3 Å². The van der Waals surface area contributed by atoms with Crippen LogP contribution >= 0.6 is 11.3 Å². The number of thiazole rings is 1. The van der Waals surface area contributed by atoms with Crippen molar-refractivity contribution in [2.45, 2.75) is 6.54 Å². The van der Waals surface area contributed by atoms with Gasteiger partial charge in [0.1, 0.15) is 17.3 Å². The van der Waals surface area contributed by atoms with Gasteiger partial charge in [-0.25, -0.2) is 4.39 Å². The number of methoxy groups -OCH3 is 1. The Balaban J connectivity index is 1.84. The van der Waals surface area contributed by atoms with E-state index in [0.717, 1.165) is 5.52 Å². The Morgan fingerprint density at radius 3 is 2.88 bits per heavy atom. The summed E-state index contributed by atoms with van der Waals surface area (Å²) in [4.78, 5) is 16.8. The van der Waals surface area contributed by atoms with E-state index in [1.54, 1.807) is 43.5 Å². The van der Waals surface area contributed by atoms with Crippen molar-refractivity contribution in [2.75, 3.05) is 13.7 Å². The third-order valence-corrected chi connectivity index (χ3v) is 4.62. The first kappa shape index (κ1) is 17.9. The number of benzene rings is 2. The van der Waals surface area contributed by atoms with Crippen molar-refractivity contribution in [1.29, 1.82) is 0 Å². The summed E-state index contributed by atoms with van der Waals surface area (Å²) in [6, 6.07) is 11.5. The van der Waals surface area contributed by atoms with Crippen LogP contribution in [-0.4, -0.2) is 24.2 Å². The lowest BCUT2D eigenvalue weighted by Crippen LogP contribution is -2.19. The molecule has 0 bridgehead atoms. The van der Waals surface area contributed by atoms with E-state index in [4.69, 9.17) is 9.47 Å². The minimum atomic E-state index is -0.433. The lowest BCUT2D eigenvalue weighted by molar-refractivity contribution is -0.120. The maximum absolute atomic E-state index is 13.4. The third kappa shape index (κ3) is 4.00. The van der Waals surface area contributed by atoms with E-state index >= 15 is 0 Å². The Bertz CT molecular complexity index is 1020. The summed E-state index contributed by atoms with van der Waals surface area (Å²) in [6.07, 6.45) is 1.70. The first-order valence-electron chi connectivity index (χ1n) is 7.85. The highest BCUT2D eigenvalue weighted by Gasteiger charge is 2.09. The van der Waals surface area contributed by atoms with Gasteiger partial charge in [0, 0.05) is 12.6 Å². The average molecular weight is 372 g/mol. The highest BCUT2D eigenvalue weighted by atomic mass is 32.1. The van der Waals surface area contributed by atoms with Crippen molar-refractivity contribution in [3.05, 3.63) is 65.7 Å². The Labute approximate surface area is 153 Å². The van der Waals surface area contributed by atoms with Crippen LogP contribution in [0.2, 0.25) is 0 Å². The van der Waals surface area contributed by atoms with Gasteiger partial charge in [0.05, 0.1) is 17.3 Å². The monoisotopic (exact) mass is 372 g/mol. The molecule has 7 heteroatoms. The molecule has 0 fully saturated rings. The lowest BCUT2D eigenvalue weighted by atomic mass is 10.3. The molecule has 1 heterocycles. The number of aromatic nitrogens is 1. The fourth-order valence-corrected chi connectivity index (χ4v) is 3.49. The quantitative estimate of drug-likeness (QED) is 0.622. The molecule has 0 aliphatic rings.